The van der Waals surface area contributed by atoms with Crippen LogP contribution in [0.4, 0.5) is 13.6 Å². The molecule has 0 radical (unpaired) electrons. The van der Waals surface area contributed by atoms with Gasteiger partial charge in [0.15, 0.2) is 0 Å². The summed E-state index contributed by atoms with van der Waals surface area (Å²) in [5.41, 5.74) is 6.09. The van der Waals surface area contributed by atoms with Crippen molar-refractivity contribution in [1.82, 2.24) is 9.80 Å². The number of ether oxygens (including phenoxy) is 1. The first-order valence-corrected chi connectivity index (χ1v) is 8.91. The average molecular weight is 361 g/mol. The number of halogens is 2. The smallest absolute Gasteiger partial charge is 0.409 e. The van der Waals surface area contributed by atoms with Crippen molar-refractivity contribution in [2.45, 2.75) is 57.1 Å². The number of hydrogen-bond donors (Lipinski definition) is 1. The van der Waals surface area contributed by atoms with E-state index in [9.17, 15) is 18.4 Å². The van der Waals surface area contributed by atoms with Crippen molar-refractivity contribution in [3.63, 3.8) is 0 Å². The lowest BCUT2D eigenvalue weighted by Crippen LogP contribution is -2.49. The first-order chi connectivity index (χ1) is 11.6. The molecule has 2 amide bonds. The van der Waals surface area contributed by atoms with Crippen LogP contribution in [0.15, 0.2) is 0 Å². The van der Waals surface area contributed by atoms with Gasteiger partial charge in [0, 0.05) is 27.1 Å². The second kappa shape index (κ2) is 7.85. The molecule has 0 bridgehead atoms. The van der Waals surface area contributed by atoms with E-state index in [0.717, 1.165) is 25.7 Å². The average Bonchev–Trinajstić information content (AvgIpc) is 2.93. The molecule has 25 heavy (non-hydrogen) atoms. The Hall–Kier alpha value is -1.44. The number of carbonyl (C=O) groups is 2. The number of nitrogens with two attached hydrogens (primary N) is 1. The van der Waals surface area contributed by atoms with E-state index in [1.54, 1.807) is 14.1 Å². The molecule has 0 aromatic carbocycles. The van der Waals surface area contributed by atoms with E-state index < -0.39 is 18.5 Å². The van der Waals surface area contributed by atoms with Gasteiger partial charge in [-0.05, 0) is 37.5 Å². The number of rotatable bonds is 4. The van der Waals surface area contributed by atoms with Crippen LogP contribution in [-0.4, -0.2) is 67.1 Å². The maximum atomic E-state index is 13.3. The number of amides is 2. The highest BCUT2D eigenvalue weighted by atomic mass is 19.3. The Kier molecular flexibility index (Phi) is 6.24. The number of hydrogen-bond acceptors (Lipinski definition) is 4. The van der Waals surface area contributed by atoms with Crippen LogP contribution in [0, 0.1) is 11.8 Å². The highest BCUT2D eigenvalue weighted by Gasteiger charge is 2.43. The predicted octanol–water partition coefficient (Wildman–Crippen LogP) is 2.07. The van der Waals surface area contributed by atoms with Crippen LogP contribution in [0.25, 0.3) is 0 Å². The molecular formula is C17H29F2N3O3. The molecule has 0 aromatic rings. The van der Waals surface area contributed by atoms with E-state index in [4.69, 9.17) is 10.5 Å². The lowest BCUT2D eigenvalue weighted by atomic mass is 9.76. The Morgan fingerprint density at radius 1 is 1.24 bits per heavy atom. The van der Waals surface area contributed by atoms with Crippen molar-refractivity contribution in [2.75, 3.05) is 27.2 Å². The van der Waals surface area contributed by atoms with Crippen molar-refractivity contribution in [3.8, 4) is 0 Å². The summed E-state index contributed by atoms with van der Waals surface area (Å²) >= 11 is 0. The van der Waals surface area contributed by atoms with E-state index in [2.05, 4.69) is 0 Å². The minimum Gasteiger partial charge on any atom is -0.446 e. The van der Waals surface area contributed by atoms with Crippen LogP contribution in [0.5, 0.6) is 0 Å². The number of carbonyl (C=O) groups excluding carboxylic acids is 2. The van der Waals surface area contributed by atoms with Gasteiger partial charge in [0.2, 0.25) is 5.91 Å². The van der Waals surface area contributed by atoms with Crippen LogP contribution in [0.3, 0.4) is 0 Å². The highest BCUT2D eigenvalue weighted by molar-refractivity contribution is 5.82. The van der Waals surface area contributed by atoms with E-state index in [1.165, 1.54) is 9.80 Å². The molecule has 1 saturated carbocycles. The molecule has 2 rings (SSSR count). The van der Waals surface area contributed by atoms with Crippen LogP contribution < -0.4 is 5.73 Å². The van der Waals surface area contributed by atoms with Gasteiger partial charge in [-0.2, -0.15) is 0 Å². The maximum absolute atomic E-state index is 13.3. The topological polar surface area (TPSA) is 75.9 Å². The highest BCUT2D eigenvalue weighted by Crippen LogP contribution is 2.34. The Labute approximate surface area is 147 Å². The van der Waals surface area contributed by atoms with Crippen LogP contribution in [-0.2, 0) is 9.53 Å². The molecule has 8 heteroatoms. The molecule has 6 nitrogen and oxygen atoms in total. The van der Waals surface area contributed by atoms with Gasteiger partial charge >= 0.3 is 6.09 Å². The van der Waals surface area contributed by atoms with E-state index >= 15 is 0 Å². The van der Waals surface area contributed by atoms with Crippen molar-refractivity contribution in [1.29, 1.82) is 0 Å². The summed E-state index contributed by atoms with van der Waals surface area (Å²) in [4.78, 5) is 26.6. The summed E-state index contributed by atoms with van der Waals surface area (Å²) in [7, 11) is 3.28. The third-order valence-electron chi connectivity index (χ3n) is 5.43. The molecule has 2 N–H and O–H groups in total. The molecule has 2 fully saturated rings. The zero-order valence-corrected chi connectivity index (χ0v) is 15.2. The summed E-state index contributed by atoms with van der Waals surface area (Å²) in [6, 6.07) is -0.764. The summed E-state index contributed by atoms with van der Waals surface area (Å²) in [5, 5.41) is 0. The van der Waals surface area contributed by atoms with Crippen molar-refractivity contribution < 1.29 is 23.1 Å². The molecule has 1 aliphatic carbocycles. The van der Waals surface area contributed by atoms with Gasteiger partial charge in [-0.1, -0.05) is 6.92 Å². The third-order valence-corrected chi connectivity index (χ3v) is 5.43. The molecule has 144 valence electrons. The largest absolute Gasteiger partial charge is 0.446 e. The molecule has 2 atom stereocenters. The number of likely N-dealkylation sites (tertiary alicyclic amines) is 1. The molecule has 1 heterocycles. The monoisotopic (exact) mass is 361 g/mol. The standard InChI is InChI=1S/C17H29F2N3O3/c1-11(14(20)15(23)22-9-8-17(18,19)10-22)12-4-6-13(7-5-12)25-16(24)21(2)3/h11-14H,4-10,20H2,1-3H3/t11-,12?,13?,14-/m0/s1. The van der Waals surface area contributed by atoms with Gasteiger partial charge in [0.1, 0.15) is 6.10 Å². The lowest BCUT2D eigenvalue weighted by Gasteiger charge is -2.35. The van der Waals surface area contributed by atoms with Crippen LogP contribution in [0.2, 0.25) is 0 Å². The van der Waals surface area contributed by atoms with E-state index in [0.29, 0.717) is 0 Å². The Balaban J connectivity index is 1.82. The van der Waals surface area contributed by atoms with E-state index in [1.807, 2.05) is 6.92 Å². The normalized spacial score (nSPS) is 28.3. The van der Waals surface area contributed by atoms with Crippen molar-refractivity contribution in [3.05, 3.63) is 0 Å². The fourth-order valence-corrected chi connectivity index (χ4v) is 3.63. The van der Waals surface area contributed by atoms with Crippen LogP contribution >= 0.6 is 0 Å². The molecule has 0 aromatic heterocycles. The Morgan fingerprint density at radius 3 is 2.32 bits per heavy atom. The zero-order valence-electron chi connectivity index (χ0n) is 15.2. The molecule has 1 saturated heterocycles. The number of nitrogens with zero attached hydrogens (tertiary/aromatic N) is 2. The van der Waals surface area contributed by atoms with E-state index in [-0.39, 0.29) is 42.9 Å². The zero-order chi connectivity index (χ0) is 18.8. The third kappa shape index (κ3) is 5.03. The molecule has 1 aliphatic heterocycles. The molecule has 2 aliphatic rings. The summed E-state index contributed by atoms with van der Waals surface area (Å²) in [6.45, 7) is 1.45. The second-order valence-electron chi connectivity index (χ2n) is 7.57. The minimum atomic E-state index is -2.80. The van der Waals surface area contributed by atoms with Crippen LogP contribution in [0.1, 0.15) is 39.0 Å². The fourth-order valence-electron chi connectivity index (χ4n) is 3.63. The fraction of sp³-hybridized carbons (Fsp3) is 0.882. The Morgan fingerprint density at radius 2 is 1.84 bits per heavy atom. The summed E-state index contributed by atoms with van der Waals surface area (Å²) in [5.74, 6) is -3.04. The molecule has 0 unspecified atom stereocenters. The van der Waals surface area contributed by atoms with Gasteiger partial charge in [0.05, 0.1) is 12.6 Å². The number of alkyl halides is 2. The van der Waals surface area contributed by atoms with Gasteiger partial charge < -0.3 is 20.3 Å². The van der Waals surface area contributed by atoms with Crippen molar-refractivity contribution >= 4 is 12.0 Å². The lowest BCUT2D eigenvalue weighted by molar-refractivity contribution is -0.134. The first kappa shape index (κ1) is 19.9. The van der Waals surface area contributed by atoms with Gasteiger partial charge in [0.25, 0.3) is 5.92 Å². The second-order valence-corrected chi connectivity index (χ2v) is 7.57. The van der Waals surface area contributed by atoms with Gasteiger partial charge in [-0.25, -0.2) is 13.6 Å². The molecule has 0 spiro atoms. The minimum absolute atomic E-state index is 0.0689. The van der Waals surface area contributed by atoms with Crippen molar-refractivity contribution in [2.24, 2.45) is 17.6 Å². The maximum Gasteiger partial charge on any atom is 0.409 e. The molecular weight excluding hydrogens is 332 g/mol. The van der Waals surface area contributed by atoms with Gasteiger partial charge in [-0.3, -0.25) is 4.79 Å². The van der Waals surface area contributed by atoms with Gasteiger partial charge in [-0.15, -0.1) is 0 Å². The summed E-state index contributed by atoms with van der Waals surface area (Å²) in [6.07, 6.45) is 2.34. The first-order valence-electron chi connectivity index (χ1n) is 8.91. The Bertz CT molecular complexity index is 494. The SMILES string of the molecule is C[C@@H](C1CCC(OC(=O)N(C)C)CC1)[C@H](N)C(=O)N1CCC(F)(F)C1. The predicted molar refractivity (Wildman–Crippen MR) is 89.2 cm³/mol. The summed E-state index contributed by atoms with van der Waals surface area (Å²) < 4.78 is 32.0. The quantitative estimate of drug-likeness (QED) is 0.832.